The number of aromatic carboxylic acids is 1. The molecular weight excluding hydrogens is 340 g/mol. The minimum atomic E-state index is -0.960. The molecular formula is C18H22N2O4S. The molecule has 2 aromatic rings. The molecule has 7 heteroatoms. The van der Waals surface area contributed by atoms with Crippen LogP contribution in [0.1, 0.15) is 49.1 Å². The summed E-state index contributed by atoms with van der Waals surface area (Å²) in [4.78, 5) is 29.2. The van der Waals surface area contributed by atoms with Crippen LogP contribution in [0.25, 0.3) is 11.3 Å². The lowest BCUT2D eigenvalue weighted by Gasteiger charge is -2.27. The van der Waals surface area contributed by atoms with Crippen molar-refractivity contribution in [2.45, 2.75) is 39.3 Å². The molecule has 0 aliphatic carbocycles. The maximum absolute atomic E-state index is 12.2. The van der Waals surface area contributed by atoms with Gasteiger partial charge in [-0.05, 0) is 39.8 Å². The van der Waals surface area contributed by atoms with Crippen LogP contribution in [-0.4, -0.2) is 39.7 Å². The van der Waals surface area contributed by atoms with E-state index in [1.807, 2.05) is 33.1 Å². The number of nitrogens with zero attached hydrogens (tertiary/aromatic N) is 2. The molecule has 1 atom stereocenters. The number of carboxylic acid groups (broad SMARTS) is 1. The number of thiazole rings is 1. The molecule has 0 bridgehead atoms. The first-order chi connectivity index (χ1) is 11.6. The van der Waals surface area contributed by atoms with Gasteiger partial charge in [-0.2, -0.15) is 0 Å². The molecule has 0 saturated heterocycles. The SMILES string of the molecule is CC(c1nc(-c2ccc(C(=O)O)cc2)cs1)N(C)C(=O)OC(C)(C)C. The van der Waals surface area contributed by atoms with Crippen LogP contribution in [0.15, 0.2) is 29.6 Å². The zero-order valence-corrected chi connectivity index (χ0v) is 15.8. The average Bonchev–Trinajstić information content (AvgIpc) is 3.01. The minimum Gasteiger partial charge on any atom is -0.478 e. The van der Waals surface area contributed by atoms with Crippen LogP contribution in [0, 0.1) is 0 Å². The van der Waals surface area contributed by atoms with Gasteiger partial charge in [-0.3, -0.25) is 0 Å². The van der Waals surface area contributed by atoms with E-state index in [9.17, 15) is 9.59 Å². The molecule has 1 aromatic carbocycles. The Labute approximate surface area is 151 Å². The van der Waals surface area contributed by atoms with Crippen LogP contribution in [0.4, 0.5) is 4.79 Å². The fourth-order valence-electron chi connectivity index (χ4n) is 2.05. The van der Waals surface area contributed by atoms with Crippen molar-refractivity contribution in [1.82, 2.24) is 9.88 Å². The molecule has 0 aliphatic rings. The number of amides is 1. The van der Waals surface area contributed by atoms with Gasteiger partial charge < -0.3 is 14.7 Å². The third-order valence-corrected chi connectivity index (χ3v) is 4.58. The standard InChI is InChI=1S/C18H22N2O4S/c1-11(20(5)17(23)24-18(2,3)4)15-19-14(10-25-15)12-6-8-13(9-7-12)16(21)22/h6-11H,1-5H3,(H,21,22). The van der Waals surface area contributed by atoms with Crippen molar-refractivity contribution in [3.63, 3.8) is 0 Å². The van der Waals surface area contributed by atoms with E-state index in [1.54, 1.807) is 31.3 Å². The fraction of sp³-hybridized carbons (Fsp3) is 0.389. The van der Waals surface area contributed by atoms with Gasteiger partial charge in [-0.15, -0.1) is 11.3 Å². The Morgan fingerprint density at radius 1 is 1.24 bits per heavy atom. The van der Waals surface area contributed by atoms with E-state index in [0.29, 0.717) is 0 Å². The van der Waals surface area contributed by atoms with Crippen molar-refractivity contribution in [2.75, 3.05) is 7.05 Å². The van der Waals surface area contributed by atoms with E-state index in [2.05, 4.69) is 4.98 Å². The zero-order chi connectivity index (χ0) is 18.8. The number of carboxylic acids is 1. The molecule has 2 rings (SSSR count). The summed E-state index contributed by atoms with van der Waals surface area (Å²) in [5, 5.41) is 11.6. The number of ether oxygens (including phenoxy) is 1. The van der Waals surface area contributed by atoms with Gasteiger partial charge >= 0.3 is 12.1 Å². The first kappa shape index (κ1) is 18.9. The lowest BCUT2D eigenvalue weighted by molar-refractivity contribution is 0.0233. The van der Waals surface area contributed by atoms with Crippen molar-refractivity contribution in [3.8, 4) is 11.3 Å². The summed E-state index contributed by atoms with van der Waals surface area (Å²) >= 11 is 1.45. The molecule has 1 aromatic heterocycles. The molecule has 1 unspecified atom stereocenters. The first-order valence-corrected chi connectivity index (χ1v) is 8.71. The van der Waals surface area contributed by atoms with E-state index in [1.165, 1.54) is 16.2 Å². The quantitative estimate of drug-likeness (QED) is 0.870. The summed E-state index contributed by atoms with van der Waals surface area (Å²) in [6.45, 7) is 7.36. The molecule has 1 N–H and O–H groups in total. The maximum Gasteiger partial charge on any atom is 0.410 e. The molecule has 1 amide bonds. The van der Waals surface area contributed by atoms with Gasteiger partial charge in [-0.25, -0.2) is 14.6 Å². The van der Waals surface area contributed by atoms with Crippen molar-refractivity contribution < 1.29 is 19.4 Å². The zero-order valence-electron chi connectivity index (χ0n) is 14.9. The minimum absolute atomic E-state index is 0.230. The molecule has 0 radical (unpaired) electrons. The van der Waals surface area contributed by atoms with Gasteiger partial charge in [0.1, 0.15) is 10.6 Å². The van der Waals surface area contributed by atoms with Gasteiger partial charge in [0.2, 0.25) is 0 Å². The van der Waals surface area contributed by atoms with E-state index in [0.717, 1.165) is 16.3 Å². The van der Waals surface area contributed by atoms with Crippen molar-refractivity contribution >= 4 is 23.4 Å². The van der Waals surface area contributed by atoms with Crippen molar-refractivity contribution in [2.24, 2.45) is 0 Å². The summed E-state index contributed by atoms with van der Waals surface area (Å²) < 4.78 is 5.38. The second-order valence-corrected chi connectivity index (χ2v) is 7.61. The summed E-state index contributed by atoms with van der Waals surface area (Å²) in [5.41, 5.74) is 1.27. The van der Waals surface area contributed by atoms with E-state index >= 15 is 0 Å². The Morgan fingerprint density at radius 2 is 1.84 bits per heavy atom. The third-order valence-electron chi connectivity index (χ3n) is 3.57. The first-order valence-electron chi connectivity index (χ1n) is 7.83. The highest BCUT2D eigenvalue weighted by Crippen LogP contribution is 2.28. The maximum atomic E-state index is 12.2. The number of aromatic nitrogens is 1. The van der Waals surface area contributed by atoms with E-state index < -0.39 is 17.7 Å². The van der Waals surface area contributed by atoms with Gasteiger partial charge in [0.15, 0.2) is 0 Å². The van der Waals surface area contributed by atoms with Crippen molar-refractivity contribution in [3.05, 3.63) is 40.2 Å². The van der Waals surface area contributed by atoms with Crippen LogP contribution >= 0.6 is 11.3 Å². The van der Waals surface area contributed by atoms with Gasteiger partial charge in [-0.1, -0.05) is 12.1 Å². The Kier molecular flexibility index (Phi) is 5.47. The topological polar surface area (TPSA) is 79.7 Å². The highest BCUT2D eigenvalue weighted by Gasteiger charge is 2.25. The second kappa shape index (κ2) is 7.23. The molecule has 0 saturated carbocycles. The van der Waals surface area contributed by atoms with E-state index in [-0.39, 0.29) is 11.6 Å². The van der Waals surface area contributed by atoms with Gasteiger partial charge in [0, 0.05) is 18.0 Å². The highest BCUT2D eigenvalue weighted by molar-refractivity contribution is 7.10. The van der Waals surface area contributed by atoms with Gasteiger partial charge in [0.25, 0.3) is 0 Å². The van der Waals surface area contributed by atoms with E-state index in [4.69, 9.17) is 9.84 Å². The molecule has 0 fully saturated rings. The normalized spacial score (nSPS) is 12.5. The molecule has 1 heterocycles. The Hall–Kier alpha value is -2.41. The predicted octanol–water partition coefficient (Wildman–Crippen LogP) is 4.44. The van der Waals surface area contributed by atoms with Gasteiger partial charge in [0.05, 0.1) is 17.3 Å². The summed E-state index contributed by atoms with van der Waals surface area (Å²) in [7, 11) is 1.68. The summed E-state index contributed by atoms with van der Waals surface area (Å²) in [5.74, 6) is -0.960. The molecule has 0 spiro atoms. The molecule has 6 nitrogen and oxygen atoms in total. The second-order valence-electron chi connectivity index (χ2n) is 6.72. The number of carbonyl (C=O) groups excluding carboxylic acids is 1. The molecule has 25 heavy (non-hydrogen) atoms. The van der Waals surface area contributed by atoms with Crippen molar-refractivity contribution in [1.29, 1.82) is 0 Å². The van der Waals surface area contributed by atoms with Crippen LogP contribution in [0.3, 0.4) is 0 Å². The number of hydrogen-bond acceptors (Lipinski definition) is 5. The van der Waals surface area contributed by atoms with Crippen LogP contribution in [0.5, 0.6) is 0 Å². The Bertz CT molecular complexity index is 762. The largest absolute Gasteiger partial charge is 0.478 e. The number of hydrogen-bond donors (Lipinski definition) is 1. The Balaban J connectivity index is 2.14. The van der Waals surface area contributed by atoms with Crippen LogP contribution < -0.4 is 0 Å². The summed E-state index contributed by atoms with van der Waals surface area (Å²) in [6, 6.07) is 6.32. The smallest absolute Gasteiger partial charge is 0.410 e. The highest BCUT2D eigenvalue weighted by atomic mass is 32.1. The number of rotatable bonds is 4. The fourth-order valence-corrected chi connectivity index (χ4v) is 2.98. The third kappa shape index (κ3) is 4.79. The number of benzene rings is 1. The van der Waals surface area contributed by atoms with Crippen LogP contribution in [0.2, 0.25) is 0 Å². The molecule has 0 aliphatic heterocycles. The number of carbonyl (C=O) groups is 2. The van der Waals surface area contributed by atoms with Crippen LogP contribution in [-0.2, 0) is 4.74 Å². The Morgan fingerprint density at radius 3 is 2.36 bits per heavy atom. The lowest BCUT2D eigenvalue weighted by atomic mass is 10.1. The monoisotopic (exact) mass is 362 g/mol. The average molecular weight is 362 g/mol. The molecule has 134 valence electrons. The lowest BCUT2D eigenvalue weighted by Crippen LogP contribution is -2.35. The predicted molar refractivity (Wildman–Crippen MR) is 96.9 cm³/mol. The summed E-state index contributed by atoms with van der Waals surface area (Å²) in [6.07, 6.45) is -0.400.